The summed E-state index contributed by atoms with van der Waals surface area (Å²) in [6.45, 7) is 4.69. The lowest BCUT2D eigenvalue weighted by Gasteiger charge is -2.02. The van der Waals surface area contributed by atoms with E-state index in [1.807, 2.05) is 0 Å². The third-order valence-electron chi connectivity index (χ3n) is 0.911. The van der Waals surface area contributed by atoms with Crippen molar-refractivity contribution in [3.8, 4) is 0 Å². The van der Waals surface area contributed by atoms with E-state index >= 15 is 0 Å². The number of hydrogen-bond donors (Lipinski definition) is 0. The minimum Gasteiger partial charge on any atom is -0.457 e. The highest BCUT2D eigenvalue weighted by atomic mass is 79.9. The molecule has 3 heteroatoms. The number of hydrogen-bond acceptors (Lipinski definition) is 2. The molecule has 0 unspecified atom stereocenters. The minimum atomic E-state index is -0.372. The average Bonchev–Trinajstić information content (AvgIpc) is 1.63. The molecule has 2 nitrogen and oxygen atoms in total. The maximum atomic E-state index is 10.1. The van der Waals surface area contributed by atoms with E-state index in [1.165, 1.54) is 0 Å². The second-order valence-corrected chi connectivity index (χ2v) is 2.92. The molecule has 54 valence electrons. The van der Waals surface area contributed by atoms with Crippen molar-refractivity contribution in [3.63, 3.8) is 0 Å². The Bertz CT molecular complexity index is 91.1. The summed E-state index contributed by atoms with van der Waals surface area (Å²) in [5, 5.41) is 0. The van der Waals surface area contributed by atoms with Crippen molar-refractivity contribution in [2.45, 2.75) is 20.3 Å². The van der Waals surface area contributed by atoms with Gasteiger partial charge in [-0.05, 0) is 12.3 Å². The highest BCUT2D eigenvalue weighted by Crippen LogP contribution is 2.00. The molecule has 0 N–H and O–H groups in total. The van der Waals surface area contributed by atoms with Gasteiger partial charge >= 0.3 is 4.88 Å². The van der Waals surface area contributed by atoms with Gasteiger partial charge < -0.3 is 4.74 Å². The molecule has 0 aliphatic carbocycles. The fourth-order valence-corrected chi connectivity index (χ4v) is 0.537. The minimum absolute atomic E-state index is 0.372. The van der Waals surface area contributed by atoms with Crippen molar-refractivity contribution in [2.75, 3.05) is 6.61 Å². The molecule has 0 aromatic heterocycles. The molecule has 9 heavy (non-hydrogen) atoms. The zero-order valence-corrected chi connectivity index (χ0v) is 7.27. The van der Waals surface area contributed by atoms with Crippen molar-refractivity contribution in [1.29, 1.82) is 0 Å². The van der Waals surface area contributed by atoms with Crippen LogP contribution in [0.15, 0.2) is 0 Å². The highest BCUT2D eigenvalue weighted by Gasteiger charge is 1.96. The third-order valence-corrected chi connectivity index (χ3v) is 1.14. The van der Waals surface area contributed by atoms with Gasteiger partial charge in [0.25, 0.3) is 0 Å². The lowest BCUT2D eigenvalue weighted by atomic mass is 10.1. The first-order valence-corrected chi connectivity index (χ1v) is 3.74. The fraction of sp³-hybridized carbons (Fsp3) is 0.833. The second kappa shape index (κ2) is 4.79. The molecule has 0 spiro atoms. The average molecular weight is 195 g/mol. The van der Waals surface area contributed by atoms with Gasteiger partial charge in [-0.25, -0.2) is 4.79 Å². The van der Waals surface area contributed by atoms with E-state index in [4.69, 9.17) is 0 Å². The molecule has 0 aliphatic rings. The van der Waals surface area contributed by atoms with Gasteiger partial charge in [0, 0.05) is 15.9 Å². The molecule has 0 atom stereocenters. The van der Waals surface area contributed by atoms with Crippen LogP contribution in [-0.4, -0.2) is 11.5 Å². The first-order valence-electron chi connectivity index (χ1n) is 2.95. The van der Waals surface area contributed by atoms with Crippen LogP contribution in [0.4, 0.5) is 4.79 Å². The topological polar surface area (TPSA) is 26.3 Å². The summed E-state index contributed by atoms with van der Waals surface area (Å²) < 4.78 is 4.63. The van der Waals surface area contributed by atoms with Crippen molar-refractivity contribution in [2.24, 2.45) is 5.92 Å². The van der Waals surface area contributed by atoms with Gasteiger partial charge in [0.2, 0.25) is 0 Å². The van der Waals surface area contributed by atoms with Gasteiger partial charge in [-0.2, -0.15) is 0 Å². The largest absolute Gasteiger partial charge is 0.457 e. The van der Waals surface area contributed by atoms with Crippen molar-refractivity contribution in [3.05, 3.63) is 0 Å². The summed E-state index contributed by atoms with van der Waals surface area (Å²) >= 11 is 2.66. The van der Waals surface area contributed by atoms with Crippen molar-refractivity contribution in [1.82, 2.24) is 0 Å². The van der Waals surface area contributed by atoms with E-state index < -0.39 is 0 Å². The molecular weight excluding hydrogens is 184 g/mol. The molecular formula is C6H11BrO2. The van der Waals surface area contributed by atoms with Crippen LogP contribution in [-0.2, 0) is 4.74 Å². The molecule has 0 amide bonds. The summed E-state index contributed by atoms with van der Waals surface area (Å²) in [6.07, 6.45) is 0.928. The van der Waals surface area contributed by atoms with Crippen LogP contribution in [0, 0.1) is 5.92 Å². The first-order chi connectivity index (χ1) is 4.13. The van der Waals surface area contributed by atoms with Gasteiger partial charge in [-0.15, -0.1) is 0 Å². The van der Waals surface area contributed by atoms with Crippen molar-refractivity contribution < 1.29 is 9.53 Å². The number of halogens is 1. The molecule has 0 aromatic carbocycles. The van der Waals surface area contributed by atoms with E-state index in [0.29, 0.717) is 12.5 Å². The van der Waals surface area contributed by atoms with Crippen LogP contribution < -0.4 is 0 Å². The number of rotatable bonds is 3. The van der Waals surface area contributed by atoms with E-state index in [-0.39, 0.29) is 4.88 Å². The fourth-order valence-electron chi connectivity index (χ4n) is 0.375. The zero-order valence-electron chi connectivity index (χ0n) is 5.69. The standard InChI is InChI=1S/C6H11BrO2/c1-5(2)3-4-9-6(7)8/h5H,3-4H2,1-2H3. The van der Waals surface area contributed by atoms with E-state index in [0.717, 1.165) is 6.42 Å². The quantitative estimate of drug-likeness (QED) is 0.647. The van der Waals surface area contributed by atoms with Gasteiger partial charge in [-0.1, -0.05) is 13.8 Å². The normalized spacial score (nSPS) is 9.78. The third kappa shape index (κ3) is 7.95. The Balaban J connectivity index is 3.01. The van der Waals surface area contributed by atoms with Gasteiger partial charge in [-0.3, -0.25) is 0 Å². The molecule has 0 radical (unpaired) electrons. The number of carbonyl (C=O) groups is 1. The Morgan fingerprint density at radius 3 is 2.56 bits per heavy atom. The Labute approximate surface area is 63.7 Å². The van der Waals surface area contributed by atoms with Gasteiger partial charge in [0.05, 0.1) is 6.61 Å². The lowest BCUT2D eigenvalue weighted by Crippen LogP contribution is -1.99. The monoisotopic (exact) mass is 194 g/mol. The van der Waals surface area contributed by atoms with Crippen LogP contribution in [0.5, 0.6) is 0 Å². The van der Waals surface area contributed by atoms with E-state index in [9.17, 15) is 4.79 Å². The Morgan fingerprint density at radius 2 is 2.22 bits per heavy atom. The van der Waals surface area contributed by atoms with E-state index in [2.05, 4.69) is 34.5 Å². The summed E-state index contributed by atoms with van der Waals surface area (Å²) in [5.41, 5.74) is 0. The lowest BCUT2D eigenvalue weighted by molar-refractivity contribution is 0.170. The van der Waals surface area contributed by atoms with Crippen LogP contribution >= 0.6 is 15.9 Å². The molecule has 0 fully saturated rings. The maximum Gasteiger partial charge on any atom is 0.374 e. The molecule has 0 saturated heterocycles. The smallest absolute Gasteiger partial charge is 0.374 e. The Hall–Kier alpha value is -0.0500. The van der Waals surface area contributed by atoms with Crippen LogP contribution in [0.3, 0.4) is 0 Å². The summed E-state index contributed by atoms with van der Waals surface area (Å²) in [7, 11) is 0. The Kier molecular flexibility index (Phi) is 4.77. The van der Waals surface area contributed by atoms with Gasteiger partial charge in [0.15, 0.2) is 0 Å². The number of carbonyl (C=O) groups excluding carboxylic acids is 1. The van der Waals surface area contributed by atoms with Crippen LogP contribution in [0.1, 0.15) is 20.3 Å². The summed E-state index contributed by atoms with van der Waals surface area (Å²) in [6, 6.07) is 0. The molecule has 0 aliphatic heterocycles. The Morgan fingerprint density at radius 1 is 1.67 bits per heavy atom. The second-order valence-electron chi connectivity index (χ2n) is 2.27. The number of ether oxygens (including phenoxy) is 1. The SMILES string of the molecule is CC(C)CCOC(=O)Br. The van der Waals surface area contributed by atoms with E-state index in [1.54, 1.807) is 0 Å². The first kappa shape index (κ1) is 8.95. The molecule has 0 aromatic rings. The summed E-state index contributed by atoms with van der Waals surface area (Å²) in [4.78, 5) is 9.75. The highest BCUT2D eigenvalue weighted by molar-refractivity contribution is 9.18. The maximum absolute atomic E-state index is 10.1. The predicted molar refractivity (Wildman–Crippen MR) is 39.7 cm³/mol. The van der Waals surface area contributed by atoms with Gasteiger partial charge in [0.1, 0.15) is 0 Å². The predicted octanol–water partition coefficient (Wildman–Crippen LogP) is 2.56. The van der Waals surface area contributed by atoms with Crippen LogP contribution in [0.25, 0.3) is 0 Å². The molecule has 0 heterocycles. The molecule has 0 saturated carbocycles. The zero-order chi connectivity index (χ0) is 7.28. The summed E-state index contributed by atoms with van der Waals surface area (Å²) in [5.74, 6) is 0.594. The molecule has 0 bridgehead atoms. The van der Waals surface area contributed by atoms with Crippen LogP contribution in [0.2, 0.25) is 0 Å². The molecule has 0 rings (SSSR count). The van der Waals surface area contributed by atoms with Crippen molar-refractivity contribution >= 4 is 20.8 Å².